The van der Waals surface area contributed by atoms with Crippen LogP contribution in [0.15, 0.2) is 4.90 Å². The lowest BCUT2D eigenvalue weighted by molar-refractivity contribution is 0.0602. The minimum atomic E-state index is -4.12. The average molecular weight is 260 g/mol. The number of methoxy groups -OCH3 is 1. The third-order valence-corrected chi connectivity index (χ3v) is 4.00. The Bertz CT molecular complexity index is 580. The first-order chi connectivity index (χ1) is 7.32. The Morgan fingerprint density at radius 2 is 2.12 bits per heavy atom. The van der Waals surface area contributed by atoms with Crippen molar-refractivity contribution in [2.24, 2.45) is 5.14 Å². The van der Waals surface area contributed by atoms with Crippen LogP contribution in [0.4, 0.5) is 0 Å². The highest BCUT2D eigenvalue weighted by atomic mass is 32.2. The number of nitrogens with two attached hydrogens (primary N) is 1. The summed E-state index contributed by atoms with van der Waals surface area (Å²) >= 11 is 0.869. The molecule has 0 radical (unpaired) electrons. The van der Waals surface area contributed by atoms with Gasteiger partial charge in [-0.25, -0.2) is 18.4 Å². The molecule has 0 fully saturated rings. The Morgan fingerprint density at radius 3 is 2.50 bits per heavy atom. The Kier molecular flexibility index (Phi) is 3.32. The van der Waals surface area contributed by atoms with Crippen LogP contribution in [0, 0.1) is 18.3 Å². The molecule has 0 aliphatic heterocycles. The topological polar surface area (TPSA) is 110 Å². The van der Waals surface area contributed by atoms with Crippen LogP contribution in [-0.2, 0) is 14.8 Å². The smallest absolute Gasteiger partial charge is 0.349 e. The van der Waals surface area contributed by atoms with Gasteiger partial charge >= 0.3 is 5.97 Å². The van der Waals surface area contributed by atoms with Crippen molar-refractivity contribution < 1.29 is 17.9 Å². The molecule has 8 heteroatoms. The van der Waals surface area contributed by atoms with E-state index in [4.69, 9.17) is 10.4 Å². The van der Waals surface area contributed by atoms with Gasteiger partial charge in [-0.1, -0.05) is 0 Å². The van der Waals surface area contributed by atoms with Gasteiger partial charge in [-0.05, 0) is 6.92 Å². The van der Waals surface area contributed by atoms with E-state index < -0.39 is 20.9 Å². The monoisotopic (exact) mass is 260 g/mol. The summed E-state index contributed by atoms with van der Waals surface area (Å²) in [5.74, 6) is -0.821. The van der Waals surface area contributed by atoms with Crippen molar-refractivity contribution in [2.45, 2.75) is 11.8 Å². The van der Waals surface area contributed by atoms with E-state index in [1.54, 1.807) is 6.07 Å². The summed E-state index contributed by atoms with van der Waals surface area (Å²) in [4.78, 5) is 11.1. The number of hydrogen-bond acceptors (Lipinski definition) is 6. The average Bonchev–Trinajstić information content (AvgIpc) is 2.53. The first-order valence-electron chi connectivity index (χ1n) is 3.97. The molecule has 0 unspecified atom stereocenters. The molecular formula is C8H8N2O4S2. The van der Waals surface area contributed by atoms with Crippen LogP contribution in [0.25, 0.3) is 0 Å². The van der Waals surface area contributed by atoms with Gasteiger partial charge in [-0.3, -0.25) is 0 Å². The zero-order valence-corrected chi connectivity index (χ0v) is 10.1. The van der Waals surface area contributed by atoms with Gasteiger partial charge in [0.1, 0.15) is 15.8 Å². The first kappa shape index (κ1) is 12.6. The third kappa shape index (κ3) is 2.06. The summed E-state index contributed by atoms with van der Waals surface area (Å²) in [5.41, 5.74) is -0.104. The number of carbonyl (C=O) groups is 1. The molecule has 0 atom stereocenters. The Morgan fingerprint density at radius 1 is 1.56 bits per heavy atom. The molecule has 0 aromatic carbocycles. The maximum Gasteiger partial charge on any atom is 0.349 e. The molecule has 0 spiro atoms. The summed E-state index contributed by atoms with van der Waals surface area (Å²) < 4.78 is 27.0. The van der Waals surface area contributed by atoms with Gasteiger partial charge in [0.25, 0.3) is 0 Å². The van der Waals surface area contributed by atoms with E-state index in [1.807, 2.05) is 0 Å². The van der Waals surface area contributed by atoms with Crippen LogP contribution >= 0.6 is 11.3 Å². The molecule has 0 saturated carbocycles. The summed E-state index contributed by atoms with van der Waals surface area (Å²) in [6.07, 6.45) is 0. The van der Waals surface area contributed by atoms with E-state index >= 15 is 0 Å². The minimum absolute atomic E-state index is 0.104. The van der Waals surface area contributed by atoms with Gasteiger partial charge in [-0.15, -0.1) is 11.3 Å². The highest BCUT2D eigenvalue weighted by molar-refractivity contribution is 7.89. The van der Waals surface area contributed by atoms with Crippen molar-refractivity contribution >= 4 is 27.3 Å². The molecule has 0 bridgehead atoms. The zero-order valence-electron chi connectivity index (χ0n) is 8.47. The van der Waals surface area contributed by atoms with Crippen LogP contribution in [0.3, 0.4) is 0 Å². The Balaban J connectivity index is 3.67. The number of sulfonamides is 1. The number of carbonyl (C=O) groups excluding carboxylic acids is 1. The molecular weight excluding hydrogens is 252 g/mol. The zero-order chi connectivity index (χ0) is 12.5. The maximum absolute atomic E-state index is 11.3. The summed E-state index contributed by atoms with van der Waals surface area (Å²) in [5, 5.41) is 13.8. The molecule has 0 aliphatic carbocycles. The number of rotatable bonds is 2. The van der Waals surface area contributed by atoms with Crippen LogP contribution in [-0.4, -0.2) is 21.5 Å². The highest BCUT2D eigenvalue weighted by Gasteiger charge is 2.28. The lowest BCUT2D eigenvalue weighted by Crippen LogP contribution is -2.16. The van der Waals surface area contributed by atoms with E-state index in [9.17, 15) is 13.2 Å². The van der Waals surface area contributed by atoms with Crippen molar-refractivity contribution in [1.82, 2.24) is 0 Å². The summed E-state index contributed by atoms with van der Waals surface area (Å²) in [6.45, 7) is 1.53. The predicted molar refractivity (Wildman–Crippen MR) is 56.5 cm³/mol. The number of esters is 1. The van der Waals surface area contributed by atoms with E-state index in [2.05, 4.69) is 4.74 Å². The molecule has 86 valence electrons. The van der Waals surface area contributed by atoms with Gasteiger partial charge in [0, 0.05) is 4.88 Å². The summed E-state index contributed by atoms with van der Waals surface area (Å²) in [6, 6.07) is 1.71. The molecule has 16 heavy (non-hydrogen) atoms. The molecule has 2 N–H and O–H groups in total. The molecule has 0 saturated heterocycles. The predicted octanol–water partition coefficient (Wildman–Crippen LogP) is 0.362. The standard InChI is InChI=1S/C8H8N2O4S2/c1-4-5(3-9)7(16(10,12)13)6(15-4)8(11)14-2/h1-2H3,(H2,10,12,13). The van der Waals surface area contributed by atoms with Gasteiger partial charge in [0.2, 0.25) is 10.0 Å². The highest BCUT2D eigenvalue weighted by Crippen LogP contribution is 2.31. The fraction of sp³-hybridized carbons (Fsp3) is 0.250. The van der Waals surface area contributed by atoms with Crippen LogP contribution < -0.4 is 5.14 Å². The second-order valence-corrected chi connectivity index (χ2v) is 5.56. The van der Waals surface area contributed by atoms with E-state index in [0.29, 0.717) is 4.88 Å². The van der Waals surface area contributed by atoms with Crippen molar-refractivity contribution in [3.05, 3.63) is 15.3 Å². The van der Waals surface area contributed by atoms with Gasteiger partial charge in [-0.2, -0.15) is 5.26 Å². The minimum Gasteiger partial charge on any atom is -0.465 e. The molecule has 1 rings (SSSR count). The number of nitrogens with zero attached hydrogens (tertiary/aromatic N) is 1. The second kappa shape index (κ2) is 4.21. The van der Waals surface area contributed by atoms with Gasteiger partial charge < -0.3 is 4.74 Å². The lowest BCUT2D eigenvalue weighted by atomic mass is 10.3. The number of hydrogen-bond donors (Lipinski definition) is 1. The molecule has 0 amide bonds. The normalized spacial score (nSPS) is 10.9. The van der Waals surface area contributed by atoms with Gasteiger partial charge in [0.15, 0.2) is 0 Å². The molecule has 1 aromatic heterocycles. The largest absolute Gasteiger partial charge is 0.465 e. The first-order valence-corrected chi connectivity index (χ1v) is 6.33. The van der Waals surface area contributed by atoms with E-state index in [-0.39, 0.29) is 10.4 Å². The van der Waals surface area contributed by atoms with Gasteiger partial charge in [0.05, 0.1) is 12.7 Å². The quantitative estimate of drug-likeness (QED) is 0.772. The molecule has 1 aromatic rings. The maximum atomic E-state index is 11.3. The van der Waals surface area contributed by atoms with E-state index in [1.165, 1.54) is 6.92 Å². The lowest BCUT2D eigenvalue weighted by Gasteiger charge is -1.99. The Labute approximate surface area is 96.3 Å². The van der Waals surface area contributed by atoms with Crippen LogP contribution in [0.5, 0.6) is 0 Å². The molecule has 6 nitrogen and oxygen atoms in total. The van der Waals surface area contributed by atoms with Crippen molar-refractivity contribution in [2.75, 3.05) is 7.11 Å². The Hall–Kier alpha value is -1.43. The molecule has 0 aliphatic rings. The third-order valence-electron chi connectivity index (χ3n) is 1.81. The number of aryl methyl sites for hydroxylation is 1. The van der Waals surface area contributed by atoms with Crippen molar-refractivity contribution in [3.8, 4) is 6.07 Å². The van der Waals surface area contributed by atoms with Crippen molar-refractivity contribution in [1.29, 1.82) is 5.26 Å². The summed E-state index contributed by atoms with van der Waals surface area (Å²) in [7, 11) is -3.00. The number of primary sulfonamides is 1. The van der Waals surface area contributed by atoms with Crippen LogP contribution in [0.2, 0.25) is 0 Å². The number of thiophene rings is 1. The fourth-order valence-electron chi connectivity index (χ4n) is 1.15. The SMILES string of the molecule is COC(=O)c1sc(C)c(C#N)c1S(N)(=O)=O. The number of nitriles is 1. The second-order valence-electron chi connectivity index (χ2n) is 2.84. The van der Waals surface area contributed by atoms with E-state index in [0.717, 1.165) is 18.4 Å². The van der Waals surface area contributed by atoms with Crippen LogP contribution in [0.1, 0.15) is 20.1 Å². The number of ether oxygens (including phenoxy) is 1. The molecule has 1 heterocycles. The fourth-order valence-corrected chi connectivity index (χ4v) is 3.43. The van der Waals surface area contributed by atoms with Crippen molar-refractivity contribution in [3.63, 3.8) is 0 Å².